The third-order valence-corrected chi connectivity index (χ3v) is 3.84. The molecule has 4 heteroatoms. The number of carbonyl (C=O) groups is 1. The van der Waals surface area contributed by atoms with Crippen molar-refractivity contribution in [2.45, 2.75) is 12.5 Å². The van der Waals surface area contributed by atoms with Gasteiger partial charge < -0.3 is 5.73 Å². The van der Waals surface area contributed by atoms with Gasteiger partial charge in [-0.2, -0.15) is 11.3 Å². The largest absolute Gasteiger partial charge is 0.317 e. The van der Waals surface area contributed by atoms with Crippen molar-refractivity contribution in [2.75, 3.05) is 0 Å². The number of hydrogen-bond acceptors (Lipinski definition) is 4. The molecular weight excluding hydrogens is 226 g/mol. The van der Waals surface area contributed by atoms with E-state index >= 15 is 0 Å². The normalized spacial score (nSPS) is 12.6. The molecule has 0 aliphatic rings. The summed E-state index contributed by atoms with van der Waals surface area (Å²) in [7, 11) is 0. The van der Waals surface area contributed by atoms with Gasteiger partial charge in [-0.3, -0.25) is 4.79 Å². The molecule has 2 aromatic heterocycles. The van der Waals surface area contributed by atoms with E-state index in [0.717, 1.165) is 10.4 Å². The van der Waals surface area contributed by atoms with Gasteiger partial charge in [-0.15, -0.1) is 11.3 Å². The van der Waals surface area contributed by atoms with Crippen molar-refractivity contribution < 1.29 is 4.79 Å². The lowest BCUT2D eigenvalue weighted by molar-refractivity contribution is -0.119. The zero-order valence-corrected chi connectivity index (χ0v) is 9.68. The lowest BCUT2D eigenvalue weighted by Crippen LogP contribution is -2.21. The van der Waals surface area contributed by atoms with Crippen molar-refractivity contribution in [3.05, 3.63) is 44.8 Å². The fraction of sp³-hybridized carbons (Fsp3) is 0.182. The van der Waals surface area contributed by atoms with Crippen LogP contribution in [0.2, 0.25) is 0 Å². The van der Waals surface area contributed by atoms with Gasteiger partial charge in [-0.1, -0.05) is 6.07 Å². The Bertz CT molecular complexity index is 419. The molecule has 0 spiro atoms. The fourth-order valence-corrected chi connectivity index (χ4v) is 2.75. The predicted octanol–water partition coefficient (Wildman–Crippen LogP) is 2.62. The van der Waals surface area contributed by atoms with Crippen LogP contribution in [-0.2, 0) is 11.2 Å². The first kappa shape index (κ1) is 10.5. The van der Waals surface area contributed by atoms with E-state index in [1.807, 2.05) is 34.3 Å². The van der Waals surface area contributed by atoms with Gasteiger partial charge in [0.2, 0.25) is 0 Å². The van der Waals surface area contributed by atoms with E-state index in [4.69, 9.17) is 5.73 Å². The number of rotatable bonds is 4. The number of nitrogens with two attached hydrogens (primary N) is 1. The van der Waals surface area contributed by atoms with Crippen LogP contribution in [-0.4, -0.2) is 5.78 Å². The maximum atomic E-state index is 11.8. The molecule has 1 unspecified atom stereocenters. The minimum atomic E-state index is -0.468. The third kappa shape index (κ3) is 2.53. The molecule has 0 saturated heterocycles. The van der Waals surface area contributed by atoms with E-state index in [9.17, 15) is 4.79 Å². The minimum absolute atomic E-state index is 0.0795. The summed E-state index contributed by atoms with van der Waals surface area (Å²) >= 11 is 3.13. The standard InChI is InChI=1S/C11H11NOS2/c12-11(10-2-1-4-15-10)9(13)6-8-3-5-14-7-8/h1-5,7,11H,6,12H2. The van der Waals surface area contributed by atoms with Crippen LogP contribution < -0.4 is 5.73 Å². The smallest absolute Gasteiger partial charge is 0.159 e. The molecule has 2 nitrogen and oxygen atoms in total. The Morgan fingerprint density at radius 1 is 1.40 bits per heavy atom. The first-order chi connectivity index (χ1) is 7.27. The maximum absolute atomic E-state index is 11.8. The molecule has 0 bridgehead atoms. The molecule has 15 heavy (non-hydrogen) atoms. The minimum Gasteiger partial charge on any atom is -0.317 e. The lowest BCUT2D eigenvalue weighted by atomic mass is 10.1. The zero-order valence-electron chi connectivity index (χ0n) is 8.05. The summed E-state index contributed by atoms with van der Waals surface area (Å²) in [6.45, 7) is 0. The van der Waals surface area contributed by atoms with Crippen LogP contribution in [0, 0.1) is 0 Å². The van der Waals surface area contributed by atoms with Crippen molar-refractivity contribution in [3.8, 4) is 0 Å². The number of thiophene rings is 2. The van der Waals surface area contributed by atoms with Crippen molar-refractivity contribution >= 4 is 28.5 Å². The monoisotopic (exact) mass is 237 g/mol. The maximum Gasteiger partial charge on any atom is 0.159 e. The Morgan fingerprint density at radius 3 is 2.87 bits per heavy atom. The fourth-order valence-electron chi connectivity index (χ4n) is 1.33. The molecule has 1 atom stereocenters. The van der Waals surface area contributed by atoms with Crippen molar-refractivity contribution in [2.24, 2.45) is 5.73 Å². The molecule has 2 aromatic rings. The number of carbonyl (C=O) groups excluding carboxylic acids is 1. The molecule has 2 rings (SSSR count). The van der Waals surface area contributed by atoms with Crippen molar-refractivity contribution in [1.29, 1.82) is 0 Å². The van der Waals surface area contributed by atoms with Gasteiger partial charge in [0.1, 0.15) is 0 Å². The summed E-state index contributed by atoms with van der Waals surface area (Å²) in [4.78, 5) is 12.7. The first-order valence-corrected chi connectivity index (χ1v) is 6.42. The van der Waals surface area contributed by atoms with Crippen LogP contribution >= 0.6 is 22.7 Å². The summed E-state index contributed by atoms with van der Waals surface area (Å²) in [5, 5.41) is 5.89. The van der Waals surface area contributed by atoms with E-state index < -0.39 is 6.04 Å². The van der Waals surface area contributed by atoms with E-state index in [2.05, 4.69) is 0 Å². The summed E-state index contributed by atoms with van der Waals surface area (Å²) in [5.41, 5.74) is 6.92. The highest BCUT2D eigenvalue weighted by Crippen LogP contribution is 2.19. The van der Waals surface area contributed by atoms with Crippen LogP contribution in [0.25, 0.3) is 0 Å². The molecule has 0 fully saturated rings. The van der Waals surface area contributed by atoms with Gasteiger partial charge in [0.05, 0.1) is 6.04 Å². The average molecular weight is 237 g/mol. The second-order valence-corrected chi connectivity index (χ2v) is 5.03. The third-order valence-electron chi connectivity index (χ3n) is 2.16. The zero-order chi connectivity index (χ0) is 10.7. The second kappa shape index (κ2) is 4.70. The van der Waals surface area contributed by atoms with Gasteiger partial charge in [-0.25, -0.2) is 0 Å². The molecule has 2 heterocycles. The molecule has 0 radical (unpaired) electrons. The molecular formula is C11H11NOS2. The topological polar surface area (TPSA) is 43.1 Å². The second-order valence-electron chi connectivity index (χ2n) is 3.27. The molecule has 2 N–H and O–H groups in total. The van der Waals surface area contributed by atoms with Gasteiger partial charge in [0.25, 0.3) is 0 Å². The summed E-state index contributed by atoms with van der Waals surface area (Å²) in [6.07, 6.45) is 0.433. The first-order valence-electron chi connectivity index (χ1n) is 4.60. The summed E-state index contributed by atoms with van der Waals surface area (Å²) < 4.78 is 0. The summed E-state index contributed by atoms with van der Waals surface area (Å²) in [6, 6.07) is 5.31. The number of ketones is 1. The van der Waals surface area contributed by atoms with Crippen LogP contribution in [0.1, 0.15) is 16.5 Å². The molecule has 0 saturated carbocycles. The number of hydrogen-bond donors (Lipinski definition) is 1. The lowest BCUT2D eigenvalue weighted by Gasteiger charge is -2.07. The van der Waals surface area contributed by atoms with E-state index in [1.54, 1.807) is 11.3 Å². The van der Waals surface area contributed by atoms with Gasteiger partial charge in [-0.05, 0) is 33.8 Å². The van der Waals surface area contributed by atoms with Crippen LogP contribution in [0.5, 0.6) is 0 Å². The highest BCUT2D eigenvalue weighted by Gasteiger charge is 2.16. The Hall–Kier alpha value is -0.970. The van der Waals surface area contributed by atoms with E-state index in [1.165, 1.54) is 11.3 Å². The van der Waals surface area contributed by atoms with Gasteiger partial charge in [0, 0.05) is 11.3 Å². The number of Topliss-reactive ketones (excluding diaryl/α,β-unsaturated/α-hetero) is 1. The van der Waals surface area contributed by atoms with Crippen molar-refractivity contribution in [3.63, 3.8) is 0 Å². The molecule has 0 aliphatic heterocycles. The molecule has 0 amide bonds. The quantitative estimate of drug-likeness (QED) is 0.888. The van der Waals surface area contributed by atoms with Gasteiger partial charge in [0.15, 0.2) is 5.78 Å². The highest BCUT2D eigenvalue weighted by atomic mass is 32.1. The predicted molar refractivity (Wildman–Crippen MR) is 64.3 cm³/mol. The van der Waals surface area contributed by atoms with E-state index in [-0.39, 0.29) is 5.78 Å². The van der Waals surface area contributed by atoms with Crippen molar-refractivity contribution in [1.82, 2.24) is 0 Å². The average Bonchev–Trinajstić information content (AvgIpc) is 2.88. The van der Waals surface area contributed by atoms with Gasteiger partial charge >= 0.3 is 0 Å². The molecule has 0 aliphatic carbocycles. The van der Waals surface area contributed by atoms with Crippen LogP contribution in [0.3, 0.4) is 0 Å². The Balaban J connectivity index is 2.03. The highest BCUT2D eigenvalue weighted by molar-refractivity contribution is 7.10. The molecule has 78 valence electrons. The van der Waals surface area contributed by atoms with Crippen LogP contribution in [0.4, 0.5) is 0 Å². The SMILES string of the molecule is NC(C(=O)Cc1ccsc1)c1cccs1. The Morgan fingerprint density at radius 2 is 2.27 bits per heavy atom. The van der Waals surface area contributed by atoms with E-state index in [0.29, 0.717) is 6.42 Å². The van der Waals surface area contributed by atoms with Crippen LogP contribution in [0.15, 0.2) is 34.3 Å². The Kier molecular flexibility index (Phi) is 3.30. The summed E-state index contributed by atoms with van der Waals surface area (Å²) in [5.74, 6) is 0.0795. The molecule has 0 aromatic carbocycles. The Labute approximate surface area is 96.4 Å².